The third-order valence-electron chi connectivity index (χ3n) is 1.16. The van der Waals surface area contributed by atoms with Crippen molar-refractivity contribution in [3.05, 3.63) is 22.9 Å². The van der Waals surface area contributed by atoms with Crippen LogP contribution in [0.25, 0.3) is 0 Å². The fourth-order valence-corrected chi connectivity index (χ4v) is 0.413. The molecule has 10 heavy (non-hydrogen) atoms. The molecule has 0 aromatic heterocycles. The number of halogens is 1. The Hall–Kier alpha value is -0.470. The van der Waals surface area contributed by atoms with E-state index in [4.69, 9.17) is 22.4 Å². The number of aliphatic hydroxyl groups is 1. The van der Waals surface area contributed by atoms with Crippen LogP contribution in [-0.2, 0) is 0 Å². The van der Waals surface area contributed by atoms with Gasteiger partial charge in [-0.05, 0) is 25.5 Å². The van der Waals surface area contributed by atoms with Crippen LogP contribution in [0.4, 0.5) is 0 Å². The lowest BCUT2D eigenvalue weighted by Crippen LogP contribution is -2.00. The minimum absolute atomic E-state index is 0.222. The van der Waals surface area contributed by atoms with E-state index in [1.807, 2.05) is 0 Å². The van der Waals surface area contributed by atoms with E-state index in [1.54, 1.807) is 26.0 Å². The third-order valence-corrected chi connectivity index (χ3v) is 1.29. The second-order valence-electron chi connectivity index (χ2n) is 2.14. The van der Waals surface area contributed by atoms with Gasteiger partial charge in [0.15, 0.2) is 0 Å². The van der Waals surface area contributed by atoms with Crippen molar-refractivity contribution in [3.8, 4) is 0 Å². The van der Waals surface area contributed by atoms with E-state index in [1.165, 1.54) is 0 Å². The quantitative estimate of drug-likeness (QED) is 0.475. The SMILES string of the molecule is CC(=CC=C(N)Cl)C(C)O. The Labute approximate surface area is 66.0 Å². The van der Waals surface area contributed by atoms with Crippen LogP contribution in [0.3, 0.4) is 0 Å². The summed E-state index contributed by atoms with van der Waals surface area (Å²) in [4.78, 5) is 0. The second kappa shape index (κ2) is 4.36. The van der Waals surface area contributed by atoms with Gasteiger partial charge >= 0.3 is 0 Å². The minimum Gasteiger partial charge on any atom is -0.389 e. The van der Waals surface area contributed by atoms with Crippen LogP contribution in [0.1, 0.15) is 13.8 Å². The van der Waals surface area contributed by atoms with Crippen molar-refractivity contribution in [2.24, 2.45) is 5.73 Å². The summed E-state index contributed by atoms with van der Waals surface area (Å²) in [6, 6.07) is 0. The molecular weight excluding hydrogens is 150 g/mol. The highest BCUT2D eigenvalue weighted by Crippen LogP contribution is 2.01. The molecule has 2 nitrogen and oxygen atoms in total. The van der Waals surface area contributed by atoms with Gasteiger partial charge in [0.2, 0.25) is 0 Å². The fraction of sp³-hybridized carbons (Fsp3) is 0.429. The normalized spacial score (nSPS) is 17.2. The van der Waals surface area contributed by atoms with Gasteiger partial charge < -0.3 is 10.8 Å². The van der Waals surface area contributed by atoms with Gasteiger partial charge in [0, 0.05) is 0 Å². The number of hydrogen-bond acceptors (Lipinski definition) is 2. The molecule has 0 saturated heterocycles. The van der Waals surface area contributed by atoms with Gasteiger partial charge in [-0.3, -0.25) is 0 Å². The molecule has 0 fully saturated rings. The van der Waals surface area contributed by atoms with Crippen molar-refractivity contribution in [3.63, 3.8) is 0 Å². The maximum Gasteiger partial charge on any atom is 0.0991 e. The van der Waals surface area contributed by atoms with Crippen LogP contribution in [0.5, 0.6) is 0 Å². The first-order valence-electron chi connectivity index (χ1n) is 3.01. The second-order valence-corrected chi connectivity index (χ2v) is 2.57. The zero-order chi connectivity index (χ0) is 8.15. The summed E-state index contributed by atoms with van der Waals surface area (Å²) in [6.45, 7) is 3.49. The first-order chi connectivity index (χ1) is 4.54. The standard InChI is InChI=1S/C7H12ClNO/c1-5(6(2)10)3-4-7(8)9/h3-4,6,10H,9H2,1-2H3. The summed E-state index contributed by atoms with van der Waals surface area (Å²) >= 11 is 5.34. The van der Waals surface area contributed by atoms with Crippen LogP contribution >= 0.6 is 11.6 Å². The van der Waals surface area contributed by atoms with Gasteiger partial charge in [-0.2, -0.15) is 0 Å². The van der Waals surface area contributed by atoms with Gasteiger partial charge in [0.1, 0.15) is 0 Å². The summed E-state index contributed by atoms with van der Waals surface area (Å²) in [5, 5.41) is 9.17. The van der Waals surface area contributed by atoms with E-state index in [0.717, 1.165) is 5.57 Å². The molecule has 3 N–H and O–H groups in total. The van der Waals surface area contributed by atoms with Gasteiger partial charge in [-0.1, -0.05) is 17.7 Å². The van der Waals surface area contributed by atoms with Crippen molar-refractivity contribution >= 4 is 11.6 Å². The van der Waals surface area contributed by atoms with E-state index in [2.05, 4.69) is 0 Å². The Bertz CT molecular complexity index is 157. The van der Waals surface area contributed by atoms with Crippen molar-refractivity contribution in [1.82, 2.24) is 0 Å². The zero-order valence-electron chi connectivity index (χ0n) is 6.13. The topological polar surface area (TPSA) is 46.2 Å². The molecular formula is C7H12ClNO. The predicted octanol–water partition coefficient (Wildman–Crippen LogP) is 1.35. The van der Waals surface area contributed by atoms with Crippen LogP contribution in [-0.4, -0.2) is 11.2 Å². The van der Waals surface area contributed by atoms with Crippen molar-refractivity contribution < 1.29 is 5.11 Å². The third kappa shape index (κ3) is 4.41. The van der Waals surface area contributed by atoms with Gasteiger partial charge in [-0.25, -0.2) is 0 Å². The Balaban J connectivity index is 4.05. The van der Waals surface area contributed by atoms with E-state index < -0.39 is 6.10 Å². The van der Waals surface area contributed by atoms with Crippen LogP contribution in [0.15, 0.2) is 22.9 Å². The molecule has 3 heteroatoms. The number of allylic oxidation sites excluding steroid dienone is 2. The lowest BCUT2D eigenvalue weighted by molar-refractivity contribution is 0.231. The molecule has 1 unspecified atom stereocenters. The van der Waals surface area contributed by atoms with Crippen LogP contribution in [0.2, 0.25) is 0 Å². The molecule has 0 saturated carbocycles. The highest BCUT2D eigenvalue weighted by Gasteiger charge is 1.94. The van der Waals surface area contributed by atoms with Crippen molar-refractivity contribution in [1.29, 1.82) is 0 Å². The average Bonchev–Trinajstić information content (AvgIpc) is 1.82. The Morgan fingerprint density at radius 1 is 1.60 bits per heavy atom. The number of hydrogen-bond donors (Lipinski definition) is 2. The number of rotatable bonds is 2. The molecule has 0 aromatic rings. The zero-order valence-corrected chi connectivity index (χ0v) is 6.89. The summed E-state index contributed by atoms with van der Waals surface area (Å²) in [6.07, 6.45) is 2.80. The van der Waals surface area contributed by atoms with Crippen molar-refractivity contribution in [2.75, 3.05) is 0 Å². The van der Waals surface area contributed by atoms with Gasteiger partial charge in [-0.15, -0.1) is 0 Å². The highest BCUT2D eigenvalue weighted by atomic mass is 35.5. The summed E-state index contributed by atoms with van der Waals surface area (Å²) < 4.78 is 0. The predicted molar refractivity (Wildman–Crippen MR) is 43.6 cm³/mol. The van der Waals surface area contributed by atoms with E-state index in [-0.39, 0.29) is 5.16 Å². The molecule has 0 aromatic carbocycles. The maximum absolute atomic E-state index is 8.95. The summed E-state index contributed by atoms with van der Waals surface area (Å²) in [7, 11) is 0. The summed E-state index contributed by atoms with van der Waals surface area (Å²) in [5.41, 5.74) is 5.98. The smallest absolute Gasteiger partial charge is 0.0991 e. The lowest BCUT2D eigenvalue weighted by atomic mass is 10.2. The first-order valence-corrected chi connectivity index (χ1v) is 3.39. The number of aliphatic hydroxyl groups excluding tert-OH is 1. The molecule has 0 rings (SSSR count). The lowest BCUT2D eigenvalue weighted by Gasteiger charge is -2.00. The molecule has 0 bridgehead atoms. The minimum atomic E-state index is -0.438. The maximum atomic E-state index is 8.95. The largest absolute Gasteiger partial charge is 0.389 e. The fourth-order valence-electron chi connectivity index (χ4n) is 0.350. The molecule has 0 aliphatic rings. The Kier molecular flexibility index (Phi) is 4.16. The Morgan fingerprint density at radius 2 is 2.10 bits per heavy atom. The highest BCUT2D eigenvalue weighted by molar-refractivity contribution is 6.29. The number of nitrogens with two attached hydrogens (primary N) is 1. The molecule has 0 amide bonds. The molecule has 0 spiro atoms. The monoisotopic (exact) mass is 161 g/mol. The van der Waals surface area contributed by atoms with Crippen LogP contribution < -0.4 is 5.73 Å². The molecule has 0 aliphatic carbocycles. The first kappa shape index (κ1) is 9.53. The van der Waals surface area contributed by atoms with Crippen molar-refractivity contribution in [2.45, 2.75) is 20.0 Å². The van der Waals surface area contributed by atoms with Gasteiger partial charge in [0.05, 0.1) is 11.3 Å². The molecule has 0 heterocycles. The molecule has 0 radical (unpaired) electrons. The Morgan fingerprint density at radius 3 is 2.40 bits per heavy atom. The van der Waals surface area contributed by atoms with E-state index in [0.29, 0.717) is 0 Å². The average molecular weight is 162 g/mol. The molecule has 58 valence electrons. The molecule has 0 aliphatic heterocycles. The van der Waals surface area contributed by atoms with Crippen LogP contribution in [0, 0.1) is 0 Å². The van der Waals surface area contributed by atoms with E-state index >= 15 is 0 Å². The summed E-state index contributed by atoms with van der Waals surface area (Å²) in [5.74, 6) is 0. The molecule has 1 atom stereocenters. The van der Waals surface area contributed by atoms with Gasteiger partial charge in [0.25, 0.3) is 0 Å². The van der Waals surface area contributed by atoms with E-state index in [9.17, 15) is 0 Å².